The second-order valence-electron chi connectivity index (χ2n) is 5.30. The summed E-state index contributed by atoms with van der Waals surface area (Å²) in [4.78, 5) is 26.5. The van der Waals surface area contributed by atoms with E-state index in [0.717, 1.165) is 32.5 Å². The summed E-state index contributed by atoms with van der Waals surface area (Å²) >= 11 is 0. The molecule has 1 amide bonds. The fourth-order valence-corrected chi connectivity index (χ4v) is 2.72. The monoisotopic (exact) mass is 251 g/mol. The van der Waals surface area contributed by atoms with Crippen LogP contribution in [-0.2, 0) is 4.79 Å². The first-order valence-corrected chi connectivity index (χ1v) is 6.65. The molecule has 0 N–H and O–H groups in total. The molecule has 2 aliphatic rings. The van der Waals surface area contributed by atoms with Gasteiger partial charge in [-0.15, -0.1) is 0 Å². The Morgan fingerprint density at radius 2 is 2.28 bits per heavy atom. The number of nitrogens with zero attached hydrogens (tertiary/aromatic N) is 3. The van der Waals surface area contributed by atoms with Gasteiger partial charge in [-0.3, -0.25) is 4.79 Å². The van der Waals surface area contributed by atoms with E-state index in [2.05, 4.69) is 23.2 Å². The third-order valence-electron chi connectivity index (χ3n) is 3.67. The van der Waals surface area contributed by atoms with Gasteiger partial charge in [-0.05, 0) is 26.3 Å². The van der Waals surface area contributed by atoms with Gasteiger partial charge in [-0.2, -0.15) is 4.91 Å². The molecule has 0 saturated carbocycles. The quantitative estimate of drug-likeness (QED) is 0.548. The number of likely N-dealkylation sites (tertiary alicyclic amines) is 1. The molecule has 0 radical (unpaired) electrons. The van der Waals surface area contributed by atoms with Gasteiger partial charge in [0.25, 0.3) is 0 Å². The third-order valence-corrected chi connectivity index (χ3v) is 3.67. The molecular weight excluding hydrogens is 230 g/mol. The second-order valence-corrected chi connectivity index (χ2v) is 5.30. The zero-order valence-electron chi connectivity index (χ0n) is 11.0. The van der Waals surface area contributed by atoms with Crippen molar-refractivity contribution >= 4 is 5.91 Å². The Labute approximate surface area is 108 Å². The average molecular weight is 251 g/mol. The third kappa shape index (κ3) is 3.38. The summed E-state index contributed by atoms with van der Waals surface area (Å²) in [6.45, 7) is 3.26. The minimum absolute atomic E-state index is 0.165. The van der Waals surface area contributed by atoms with Crippen LogP contribution in [0.15, 0.2) is 16.8 Å². The average Bonchev–Trinajstić information content (AvgIpc) is 2.74. The van der Waals surface area contributed by atoms with E-state index in [-0.39, 0.29) is 11.9 Å². The lowest BCUT2D eigenvalue weighted by Gasteiger charge is -2.25. The van der Waals surface area contributed by atoms with Crippen LogP contribution in [0.25, 0.3) is 0 Å². The molecule has 5 nitrogen and oxygen atoms in total. The molecule has 100 valence electrons. The molecule has 0 spiro atoms. The SMILES string of the molecule is CN1CCC=C(CC(CN2CCCC2=O)N=O)C1. The van der Waals surface area contributed by atoms with E-state index < -0.39 is 0 Å². The highest BCUT2D eigenvalue weighted by Gasteiger charge is 2.25. The Balaban J connectivity index is 1.87. The van der Waals surface area contributed by atoms with Crippen LogP contribution in [-0.4, -0.2) is 55.0 Å². The Bertz CT molecular complexity index is 354. The van der Waals surface area contributed by atoms with Gasteiger partial charge < -0.3 is 9.80 Å². The minimum atomic E-state index is -0.287. The topological polar surface area (TPSA) is 53.0 Å². The Morgan fingerprint density at radius 1 is 1.44 bits per heavy atom. The minimum Gasteiger partial charge on any atom is -0.340 e. The zero-order valence-corrected chi connectivity index (χ0v) is 11.0. The van der Waals surface area contributed by atoms with Crippen LogP contribution in [0.3, 0.4) is 0 Å². The van der Waals surface area contributed by atoms with E-state index in [0.29, 0.717) is 19.4 Å². The summed E-state index contributed by atoms with van der Waals surface area (Å²) in [7, 11) is 2.08. The lowest BCUT2D eigenvalue weighted by Crippen LogP contribution is -2.34. The summed E-state index contributed by atoms with van der Waals surface area (Å²) in [6.07, 6.45) is 5.48. The molecule has 2 rings (SSSR count). The molecule has 18 heavy (non-hydrogen) atoms. The van der Waals surface area contributed by atoms with Crippen LogP contribution in [0.1, 0.15) is 25.7 Å². The van der Waals surface area contributed by atoms with Crippen LogP contribution in [0.2, 0.25) is 0 Å². The van der Waals surface area contributed by atoms with Crippen LogP contribution < -0.4 is 0 Å². The van der Waals surface area contributed by atoms with Gasteiger partial charge >= 0.3 is 0 Å². The number of amides is 1. The number of carbonyl (C=O) groups excluding carboxylic acids is 1. The number of rotatable bonds is 5. The lowest BCUT2D eigenvalue weighted by atomic mass is 10.0. The highest BCUT2D eigenvalue weighted by atomic mass is 16.3. The molecule has 0 aliphatic carbocycles. The van der Waals surface area contributed by atoms with Crippen molar-refractivity contribution < 1.29 is 4.79 Å². The molecule has 1 saturated heterocycles. The van der Waals surface area contributed by atoms with Gasteiger partial charge in [-0.25, -0.2) is 0 Å². The summed E-state index contributed by atoms with van der Waals surface area (Å²) in [5.41, 5.74) is 1.28. The molecule has 2 heterocycles. The van der Waals surface area contributed by atoms with Gasteiger partial charge in [0.1, 0.15) is 6.04 Å². The summed E-state index contributed by atoms with van der Waals surface area (Å²) in [5.74, 6) is 0.165. The molecule has 1 fully saturated rings. The molecular formula is C13H21N3O2. The first-order valence-electron chi connectivity index (χ1n) is 6.65. The molecule has 0 aromatic rings. The molecule has 1 atom stereocenters. The highest BCUT2D eigenvalue weighted by molar-refractivity contribution is 5.78. The predicted octanol–water partition coefficient (Wildman–Crippen LogP) is 1.40. The summed E-state index contributed by atoms with van der Waals surface area (Å²) in [5, 5.41) is 3.20. The van der Waals surface area contributed by atoms with Crippen LogP contribution in [0.4, 0.5) is 0 Å². The maximum absolute atomic E-state index is 11.5. The maximum atomic E-state index is 11.5. The Morgan fingerprint density at radius 3 is 2.89 bits per heavy atom. The van der Waals surface area contributed by atoms with Gasteiger partial charge in [0.15, 0.2) is 0 Å². The Hall–Kier alpha value is -1.23. The number of nitroso groups, excluding NO2 is 1. The maximum Gasteiger partial charge on any atom is 0.222 e. The van der Waals surface area contributed by atoms with Crippen LogP contribution >= 0.6 is 0 Å². The number of likely N-dealkylation sites (N-methyl/N-ethyl adjacent to an activating group) is 1. The van der Waals surface area contributed by atoms with E-state index in [1.54, 1.807) is 4.90 Å². The van der Waals surface area contributed by atoms with Crippen molar-refractivity contribution in [3.05, 3.63) is 16.6 Å². The van der Waals surface area contributed by atoms with Gasteiger partial charge in [-0.1, -0.05) is 16.8 Å². The normalized spacial score (nSPS) is 23.1. The molecule has 2 aliphatic heterocycles. The van der Waals surface area contributed by atoms with Crippen molar-refractivity contribution in [2.45, 2.75) is 31.7 Å². The van der Waals surface area contributed by atoms with E-state index in [9.17, 15) is 9.70 Å². The molecule has 0 aromatic carbocycles. The van der Waals surface area contributed by atoms with Crippen molar-refractivity contribution in [1.82, 2.24) is 9.80 Å². The first kappa shape index (κ1) is 13.2. The van der Waals surface area contributed by atoms with Crippen molar-refractivity contribution in [3.63, 3.8) is 0 Å². The summed E-state index contributed by atoms with van der Waals surface area (Å²) in [6, 6.07) is -0.287. The van der Waals surface area contributed by atoms with E-state index in [1.165, 1.54) is 5.57 Å². The van der Waals surface area contributed by atoms with Crippen LogP contribution in [0.5, 0.6) is 0 Å². The standard InChI is InChI=1S/C13H21N3O2/c1-15-6-2-4-11(9-15)8-12(14-18)10-16-7-3-5-13(16)17/h4,12H,2-3,5-10H2,1H3. The molecule has 5 heteroatoms. The molecule has 1 unspecified atom stereocenters. The number of hydrogen-bond donors (Lipinski definition) is 0. The van der Waals surface area contributed by atoms with E-state index >= 15 is 0 Å². The van der Waals surface area contributed by atoms with Crippen molar-refractivity contribution in [2.75, 3.05) is 33.2 Å². The predicted molar refractivity (Wildman–Crippen MR) is 70.2 cm³/mol. The van der Waals surface area contributed by atoms with Crippen molar-refractivity contribution in [3.8, 4) is 0 Å². The fraction of sp³-hybridized carbons (Fsp3) is 0.769. The van der Waals surface area contributed by atoms with Gasteiger partial charge in [0.2, 0.25) is 5.91 Å². The van der Waals surface area contributed by atoms with Crippen LogP contribution in [0, 0.1) is 4.91 Å². The Kier molecular flexibility index (Phi) is 4.47. The van der Waals surface area contributed by atoms with E-state index in [4.69, 9.17) is 0 Å². The lowest BCUT2D eigenvalue weighted by molar-refractivity contribution is -0.127. The van der Waals surface area contributed by atoms with Gasteiger partial charge in [0.05, 0.1) is 0 Å². The second kappa shape index (κ2) is 6.09. The zero-order chi connectivity index (χ0) is 13.0. The number of hydrogen-bond acceptors (Lipinski definition) is 4. The molecule has 0 bridgehead atoms. The number of carbonyl (C=O) groups is 1. The van der Waals surface area contributed by atoms with Crippen molar-refractivity contribution in [1.29, 1.82) is 0 Å². The van der Waals surface area contributed by atoms with Crippen molar-refractivity contribution in [2.24, 2.45) is 5.18 Å². The smallest absolute Gasteiger partial charge is 0.222 e. The highest BCUT2D eigenvalue weighted by Crippen LogP contribution is 2.18. The summed E-state index contributed by atoms with van der Waals surface area (Å²) < 4.78 is 0. The largest absolute Gasteiger partial charge is 0.340 e. The van der Waals surface area contributed by atoms with Gasteiger partial charge in [0, 0.05) is 32.6 Å². The fourth-order valence-electron chi connectivity index (χ4n) is 2.72. The molecule has 0 aromatic heterocycles. The van der Waals surface area contributed by atoms with E-state index in [1.807, 2.05) is 0 Å². The first-order chi connectivity index (χ1) is 8.69.